The second kappa shape index (κ2) is 7.12. The van der Waals surface area contributed by atoms with Gasteiger partial charge in [-0.3, -0.25) is 4.79 Å². The normalized spacial score (nSPS) is 24.3. The van der Waals surface area contributed by atoms with Crippen LogP contribution in [0.1, 0.15) is 39.0 Å². The number of hydrogen-bond donors (Lipinski definition) is 1. The minimum absolute atomic E-state index is 0.0204. The van der Waals surface area contributed by atoms with Gasteiger partial charge >= 0.3 is 6.18 Å². The Morgan fingerprint density at radius 3 is 2.21 bits per heavy atom. The highest BCUT2D eigenvalue weighted by Gasteiger charge is 2.42. The molecule has 0 aromatic carbocycles. The summed E-state index contributed by atoms with van der Waals surface area (Å²) in [6.07, 6.45) is -2.45. The van der Waals surface area contributed by atoms with Crippen molar-refractivity contribution in [1.29, 1.82) is 0 Å². The number of amides is 1. The molecule has 0 unspecified atom stereocenters. The first-order valence-electron chi connectivity index (χ1n) is 6.95. The van der Waals surface area contributed by atoms with Gasteiger partial charge in [0.2, 0.25) is 5.91 Å². The van der Waals surface area contributed by atoms with Gasteiger partial charge in [0.1, 0.15) is 0 Å². The molecule has 19 heavy (non-hydrogen) atoms. The fourth-order valence-corrected chi connectivity index (χ4v) is 2.68. The van der Waals surface area contributed by atoms with Crippen LogP contribution in [0.3, 0.4) is 0 Å². The van der Waals surface area contributed by atoms with Gasteiger partial charge in [-0.1, -0.05) is 6.92 Å². The molecule has 1 amide bonds. The van der Waals surface area contributed by atoms with Crippen LogP contribution in [0.25, 0.3) is 0 Å². The van der Waals surface area contributed by atoms with Gasteiger partial charge in [0.15, 0.2) is 0 Å². The van der Waals surface area contributed by atoms with Gasteiger partial charge < -0.3 is 10.6 Å². The van der Waals surface area contributed by atoms with Crippen LogP contribution in [-0.2, 0) is 4.79 Å². The van der Waals surface area contributed by atoms with Crippen LogP contribution in [0.5, 0.6) is 0 Å². The van der Waals surface area contributed by atoms with Gasteiger partial charge in [-0.15, -0.1) is 0 Å². The minimum atomic E-state index is -4.12. The van der Waals surface area contributed by atoms with E-state index in [0.29, 0.717) is 32.5 Å². The summed E-state index contributed by atoms with van der Waals surface area (Å²) < 4.78 is 37.7. The van der Waals surface area contributed by atoms with Crippen LogP contribution >= 0.6 is 0 Å². The quantitative estimate of drug-likeness (QED) is 0.841. The monoisotopic (exact) mass is 280 g/mol. The molecule has 6 heteroatoms. The Balaban J connectivity index is 2.51. The largest absolute Gasteiger partial charge is 0.391 e. The molecule has 1 saturated carbocycles. The van der Waals surface area contributed by atoms with Crippen molar-refractivity contribution in [3.63, 3.8) is 0 Å². The van der Waals surface area contributed by atoms with E-state index >= 15 is 0 Å². The van der Waals surface area contributed by atoms with E-state index < -0.39 is 12.1 Å². The Kier molecular flexibility index (Phi) is 6.10. The first-order chi connectivity index (χ1) is 8.90. The Labute approximate surface area is 112 Å². The van der Waals surface area contributed by atoms with Crippen LogP contribution in [0.4, 0.5) is 13.2 Å². The average molecular weight is 280 g/mol. The molecule has 0 aliphatic heterocycles. The van der Waals surface area contributed by atoms with Crippen LogP contribution in [-0.4, -0.2) is 36.6 Å². The van der Waals surface area contributed by atoms with Gasteiger partial charge in [0.25, 0.3) is 0 Å². The van der Waals surface area contributed by atoms with E-state index in [-0.39, 0.29) is 24.7 Å². The molecule has 1 rings (SSSR count). The van der Waals surface area contributed by atoms with E-state index in [1.54, 1.807) is 4.90 Å². The first-order valence-corrected chi connectivity index (χ1v) is 6.95. The SMILES string of the molecule is CCCN(CCN)C(=O)C1CCC(C(F)(F)F)CC1. The second-order valence-corrected chi connectivity index (χ2v) is 5.20. The van der Waals surface area contributed by atoms with Gasteiger partial charge in [-0.25, -0.2) is 0 Å². The van der Waals surface area contributed by atoms with E-state index in [9.17, 15) is 18.0 Å². The number of alkyl halides is 3. The van der Waals surface area contributed by atoms with E-state index in [1.165, 1.54) is 0 Å². The summed E-state index contributed by atoms with van der Waals surface area (Å²) in [5.41, 5.74) is 5.46. The Hall–Kier alpha value is -0.780. The van der Waals surface area contributed by atoms with Gasteiger partial charge in [0, 0.05) is 25.6 Å². The molecule has 3 nitrogen and oxygen atoms in total. The summed E-state index contributed by atoms with van der Waals surface area (Å²) in [6.45, 7) is 3.49. The predicted molar refractivity (Wildman–Crippen MR) is 67.4 cm³/mol. The van der Waals surface area contributed by atoms with Crippen molar-refractivity contribution >= 4 is 5.91 Å². The molecule has 2 N–H and O–H groups in total. The van der Waals surface area contributed by atoms with Crippen molar-refractivity contribution in [2.24, 2.45) is 17.6 Å². The number of carbonyl (C=O) groups is 1. The van der Waals surface area contributed by atoms with Crippen LogP contribution in [0.2, 0.25) is 0 Å². The predicted octanol–water partition coefficient (Wildman–Crippen LogP) is 2.55. The van der Waals surface area contributed by atoms with Crippen LogP contribution in [0, 0.1) is 11.8 Å². The van der Waals surface area contributed by atoms with E-state index in [4.69, 9.17) is 5.73 Å². The van der Waals surface area contributed by atoms with E-state index in [2.05, 4.69) is 0 Å². The van der Waals surface area contributed by atoms with E-state index in [0.717, 1.165) is 6.42 Å². The lowest BCUT2D eigenvalue weighted by molar-refractivity contribution is -0.185. The fourth-order valence-electron chi connectivity index (χ4n) is 2.68. The third-order valence-corrected chi connectivity index (χ3v) is 3.74. The van der Waals surface area contributed by atoms with Crippen molar-refractivity contribution < 1.29 is 18.0 Å². The van der Waals surface area contributed by atoms with Crippen molar-refractivity contribution in [2.75, 3.05) is 19.6 Å². The van der Waals surface area contributed by atoms with Gasteiger partial charge in [-0.2, -0.15) is 13.2 Å². The Morgan fingerprint density at radius 1 is 1.21 bits per heavy atom. The molecule has 1 aliphatic rings. The molecule has 0 heterocycles. The van der Waals surface area contributed by atoms with Gasteiger partial charge in [-0.05, 0) is 32.1 Å². The number of rotatable bonds is 5. The minimum Gasteiger partial charge on any atom is -0.341 e. The summed E-state index contributed by atoms with van der Waals surface area (Å²) in [6, 6.07) is 0. The molecule has 0 saturated heterocycles. The lowest BCUT2D eigenvalue weighted by Crippen LogP contribution is -2.41. The summed E-state index contributed by atoms with van der Waals surface area (Å²) in [7, 11) is 0. The maximum absolute atomic E-state index is 12.6. The highest BCUT2D eigenvalue weighted by Crippen LogP contribution is 2.39. The van der Waals surface area contributed by atoms with Crippen molar-refractivity contribution in [2.45, 2.75) is 45.2 Å². The zero-order valence-corrected chi connectivity index (χ0v) is 11.4. The highest BCUT2D eigenvalue weighted by atomic mass is 19.4. The molecule has 0 aromatic heterocycles. The first kappa shape index (κ1) is 16.3. The average Bonchev–Trinajstić information content (AvgIpc) is 2.37. The van der Waals surface area contributed by atoms with Gasteiger partial charge in [0.05, 0.1) is 5.92 Å². The molecular formula is C13H23F3N2O. The topological polar surface area (TPSA) is 46.3 Å². The summed E-state index contributed by atoms with van der Waals surface area (Å²) in [5.74, 6) is -1.50. The second-order valence-electron chi connectivity index (χ2n) is 5.20. The fraction of sp³-hybridized carbons (Fsp3) is 0.923. The van der Waals surface area contributed by atoms with E-state index in [1.807, 2.05) is 6.92 Å². The number of carbonyl (C=O) groups excluding carboxylic acids is 1. The van der Waals surface area contributed by atoms with Crippen molar-refractivity contribution in [1.82, 2.24) is 4.90 Å². The van der Waals surface area contributed by atoms with Crippen LogP contribution < -0.4 is 5.73 Å². The molecule has 0 spiro atoms. The Morgan fingerprint density at radius 2 is 1.79 bits per heavy atom. The lowest BCUT2D eigenvalue weighted by atomic mass is 9.81. The third kappa shape index (κ3) is 4.67. The maximum atomic E-state index is 12.6. The van der Waals surface area contributed by atoms with Crippen LogP contribution in [0.15, 0.2) is 0 Å². The number of hydrogen-bond acceptors (Lipinski definition) is 2. The highest BCUT2D eigenvalue weighted by molar-refractivity contribution is 5.78. The standard InChI is InChI=1S/C13H23F3N2O/c1-2-8-18(9-7-17)12(19)10-3-5-11(6-4-10)13(14,15)16/h10-11H,2-9,17H2,1H3. The zero-order valence-electron chi connectivity index (χ0n) is 11.4. The molecule has 0 bridgehead atoms. The Bertz CT molecular complexity index is 280. The summed E-state index contributed by atoms with van der Waals surface area (Å²) in [4.78, 5) is 13.9. The molecular weight excluding hydrogens is 257 g/mol. The summed E-state index contributed by atoms with van der Waals surface area (Å²) in [5, 5.41) is 0. The molecule has 112 valence electrons. The number of halogens is 3. The smallest absolute Gasteiger partial charge is 0.341 e. The lowest BCUT2D eigenvalue weighted by Gasteiger charge is -2.32. The molecule has 0 radical (unpaired) electrons. The number of nitrogens with zero attached hydrogens (tertiary/aromatic N) is 1. The molecule has 0 aromatic rings. The summed E-state index contributed by atoms with van der Waals surface area (Å²) >= 11 is 0. The molecule has 0 atom stereocenters. The molecule has 1 aliphatic carbocycles. The third-order valence-electron chi connectivity index (χ3n) is 3.74. The molecule has 1 fully saturated rings. The zero-order chi connectivity index (χ0) is 14.5. The number of nitrogens with two attached hydrogens (primary N) is 1. The van der Waals surface area contributed by atoms with Crippen molar-refractivity contribution in [3.8, 4) is 0 Å². The maximum Gasteiger partial charge on any atom is 0.391 e. The van der Waals surface area contributed by atoms with Crippen molar-refractivity contribution in [3.05, 3.63) is 0 Å².